The first-order chi connectivity index (χ1) is 12.4. The molecule has 2 rings (SSSR count). The highest BCUT2D eigenvalue weighted by Crippen LogP contribution is 2.39. The molecule has 0 saturated carbocycles. The zero-order valence-corrected chi connectivity index (χ0v) is 14.9. The van der Waals surface area contributed by atoms with Crippen molar-refractivity contribution in [1.82, 2.24) is 0 Å². The smallest absolute Gasteiger partial charge is 0.225 e. The average Bonchev–Trinajstić information content (AvgIpc) is 2.65. The molecule has 1 amide bonds. The molecule has 7 nitrogen and oxygen atoms in total. The third-order valence-corrected chi connectivity index (χ3v) is 4.06. The maximum atomic E-state index is 12.8. The van der Waals surface area contributed by atoms with Gasteiger partial charge in [0.05, 0.1) is 27.2 Å². The van der Waals surface area contributed by atoms with Crippen LogP contribution in [0.25, 0.3) is 0 Å². The molecule has 138 valence electrons. The maximum Gasteiger partial charge on any atom is 0.225 e. The van der Waals surface area contributed by atoms with Crippen LogP contribution in [0.2, 0.25) is 0 Å². The van der Waals surface area contributed by atoms with E-state index in [2.05, 4.69) is 0 Å². The molecule has 0 heterocycles. The van der Waals surface area contributed by atoms with Crippen molar-refractivity contribution in [3.8, 4) is 17.2 Å². The van der Waals surface area contributed by atoms with E-state index in [9.17, 15) is 9.59 Å². The minimum absolute atomic E-state index is 0.0854. The van der Waals surface area contributed by atoms with E-state index in [1.165, 1.54) is 21.3 Å². The largest absolute Gasteiger partial charge is 0.493 e. The second-order valence-corrected chi connectivity index (χ2v) is 5.66. The van der Waals surface area contributed by atoms with Gasteiger partial charge in [-0.15, -0.1) is 0 Å². The summed E-state index contributed by atoms with van der Waals surface area (Å²) in [4.78, 5) is 24.6. The van der Waals surface area contributed by atoms with E-state index in [4.69, 9.17) is 25.7 Å². The van der Waals surface area contributed by atoms with Gasteiger partial charge in [-0.1, -0.05) is 12.1 Å². The van der Waals surface area contributed by atoms with E-state index >= 15 is 0 Å². The van der Waals surface area contributed by atoms with Crippen LogP contribution in [0.5, 0.6) is 17.2 Å². The first-order valence-corrected chi connectivity index (χ1v) is 7.89. The van der Waals surface area contributed by atoms with Gasteiger partial charge in [0.2, 0.25) is 11.7 Å². The molecule has 0 spiro atoms. The van der Waals surface area contributed by atoms with Crippen LogP contribution in [0.1, 0.15) is 28.3 Å². The predicted molar refractivity (Wildman–Crippen MR) is 97.8 cm³/mol. The van der Waals surface area contributed by atoms with E-state index < -0.39 is 11.8 Å². The Kier molecular flexibility index (Phi) is 6.06. The number of hydrogen-bond donors (Lipinski definition) is 2. The zero-order valence-electron chi connectivity index (χ0n) is 14.9. The summed E-state index contributed by atoms with van der Waals surface area (Å²) in [5.41, 5.74) is 12.7. The first kappa shape index (κ1) is 19.1. The Bertz CT molecular complexity index is 777. The summed E-state index contributed by atoms with van der Waals surface area (Å²) in [7, 11) is 4.41. The molecule has 0 aromatic heterocycles. The lowest BCUT2D eigenvalue weighted by Crippen LogP contribution is -2.24. The fraction of sp³-hybridized carbons (Fsp3) is 0.263. The molecule has 0 radical (unpaired) electrons. The number of ketones is 1. The van der Waals surface area contributed by atoms with Gasteiger partial charge in [0.25, 0.3) is 0 Å². The summed E-state index contributed by atoms with van der Waals surface area (Å²) in [5, 5.41) is 0. The molecule has 2 aromatic rings. The van der Waals surface area contributed by atoms with Crippen LogP contribution in [-0.4, -0.2) is 33.0 Å². The molecule has 0 bridgehead atoms. The Morgan fingerprint density at radius 2 is 1.50 bits per heavy atom. The van der Waals surface area contributed by atoms with Gasteiger partial charge in [-0.2, -0.15) is 0 Å². The normalized spacial score (nSPS) is 11.5. The molecular formula is C19H22N2O5. The molecule has 0 fully saturated rings. The monoisotopic (exact) mass is 358 g/mol. The molecule has 0 aliphatic carbocycles. The molecule has 2 aromatic carbocycles. The van der Waals surface area contributed by atoms with E-state index in [0.29, 0.717) is 34.1 Å². The Morgan fingerprint density at radius 1 is 0.962 bits per heavy atom. The molecule has 1 unspecified atom stereocenters. The summed E-state index contributed by atoms with van der Waals surface area (Å²) in [6.07, 6.45) is -0.0854. The number of hydrogen-bond acceptors (Lipinski definition) is 6. The minimum Gasteiger partial charge on any atom is -0.493 e. The van der Waals surface area contributed by atoms with Crippen molar-refractivity contribution in [2.24, 2.45) is 5.73 Å². The van der Waals surface area contributed by atoms with Crippen molar-refractivity contribution in [2.75, 3.05) is 27.1 Å². The number of nitrogens with two attached hydrogens (primary N) is 2. The van der Waals surface area contributed by atoms with Gasteiger partial charge < -0.3 is 25.7 Å². The molecule has 7 heteroatoms. The quantitative estimate of drug-likeness (QED) is 0.552. The van der Waals surface area contributed by atoms with Gasteiger partial charge in [-0.3, -0.25) is 9.59 Å². The number of nitrogen functional groups attached to an aromatic ring is 1. The van der Waals surface area contributed by atoms with Crippen molar-refractivity contribution in [3.05, 3.63) is 47.5 Å². The average molecular weight is 358 g/mol. The summed E-state index contributed by atoms with van der Waals surface area (Å²) in [6.45, 7) is 0. The Morgan fingerprint density at radius 3 is 1.92 bits per heavy atom. The Labute approximate surface area is 151 Å². The minimum atomic E-state index is -0.762. The van der Waals surface area contributed by atoms with Crippen LogP contribution in [0.3, 0.4) is 0 Å². The van der Waals surface area contributed by atoms with E-state index in [-0.39, 0.29) is 12.2 Å². The number of amides is 1. The molecule has 0 saturated heterocycles. The van der Waals surface area contributed by atoms with Crippen molar-refractivity contribution >= 4 is 17.4 Å². The van der Waals surface area contributed by atoms with Crippen molar-refractivity contribution in [2.45, 2.75) is 12.3 Å². The third kappa shape index (κ3) is 4.05. The summed E-state index contributed by atoms with van der Waals surface area (Å²) in [6, 6.07) is 9.79. The van der Waals surface area contributed by atoms with Crippen molar-refractivity contribution in [3.63, 3.8) is 0 Å². The van der Waals surface area contributed by atoms with Gasteiger partial charge in [0.15, 0.2) is 17.3 Å². The fourth-order valence-corrected chi connectivity index (χ4v) is 2.66. The van der Waals surface area contributed by atoms with Crippen LogP contribution >= 0.6 is 0 Å². The number of Topliss-reactive ketones (excluding diaryl/α,β-unsaturated/α-hetero) is 1. The number of ether oxygens (including phenoxy) is 3. The lowest BCUT2D eigenvalue weighted by Gasteiger charge is -2.16. The standard InChI is InChI=1S/C19H22N2O5/c1-24-16-8-12(9-17(25-2)18(16)26-3)15(22)10-14(19(21)23)11-4-6-13(20)7-5-11/h4-9,14H,10,20H2,1-3H3,(H2,21,23). The zero-order chi connectivity index (χ0) is 19.3. The second-order valence-electron chi connectivity index (χ2n) is 5.66. The van der Waals surface area contributed by atoms with Crippen molar-refractivity contribution in [1.29, 1.82) is 0 Å². The Hall–Kier alpha value is -3.22. The van der Waals surface area contributed by atoms with Gasteiger partial charge in [-0.05, 0) is 29.8 Å². The van der Waals surface area contributed by atoms with E-state index in [1.54, 1.807) is 36.4 Å². The molecule has 4 N–H and O–H groups in total. The maximum absolute atomic E-state index is 12.8. The number of primary amides is 1. The first-order valence-electron chi connectivity index (χ1n) is 7.89. The van der Waals surface area contributed by atoms with Crippen LogP contribution in [0.15, 0.2) is 36.4 Å². The van der Waals surface area contributed by atoms with Gasteiger partial charge in [0.1, 0.15) is 0 Å². The van der Waals surface area contributed by atoms with Crippen LogP contribution in [0, 0.1) is 0 Å². The number of rotatable bonds is 8. The van der Waals surface area contributed by atoms with Gasteiger partial charge in [-0.25, -0.2) is 0 Å². The van der Waals surface area contributed by atoms with E-state index in [0.717, 1.165) is 0 Å². The number of benzene rings is 2. The SMILES string of the molecule is COc1cc(C(=O)CC(C(N)=O)c2ccc(N)cc2)cc(OC)c1OC. The highest BCUT2D eigenvalue weighted by molar-refractivity contribution is 6.00. The Balaban J connectivity index is 2.35. The highest BCUT2D eigenvalue weighted by atomic mass is 16.5. The van der Waals surface area contributed by atoms with Gasteiger partial charge >= 0.3 is 0 Å². The number of carbonyl (C=O) groups excluding carboxylic acids is 2. The molecule has 0 aliphatic heterocycles. The number of anilines is 1. The third-order valence-electron chi connectivity index (χ3n) is 4.06. The fourth-order valence-electron chi connectivity index (χ4n) is 2.66. The van der Waals surface area contributed by atoms with Crippen LogP contribution < -0.4 is 25.7 Å². The highest BCUT2D eigenvalue weighted by Gasteiger charge is 2.24. The van der Waals surface area contributed by atoms with Crippen LogP contribution in [-0.2, 0) is 4.79 Å². The number of carbonyl (C=O) groups is 2. The lowest BCUT2D eigenvalue weighted by atomic mass is 9.90. The summed E-state index contributed by atoms with van der Waals surface area (Å²) >= 11 is 0. The van der Waals surface area contributed by atoms with Crippen molar-refractivity contribution < 1.29 is 23.8 Å². The summed E-state index contributed by atoms with van der Waals surface area (Å²) in [5.74, 6) is -0.518. The van der Waals surface area contributed by atoms with Gasteiger partial charge in [0, 0.05) is 17.7 Å². The molecule has 1 atom stereocenters. The second kappa shape index (κ2) is 8.24. The number of methoxy groups -OCH3 is 3. The molecular weight excluding hydrogens is 336 g/mol. The topological polar surface area (TPSA) is 114 Å². The van der Waals surface area contributed by atoms with Crippen LogP contribution in [0.4, 0.5) is 5.69 Å². The predicted octanol–water partition coefficient (Wildman–Crippen LogP) is 2.14. The van der Waals surface area contributed by atoms with E-state index in [1.807, 2.05) is 0 Å². The summed E-state index contributed by atoms with van der Waals surface area (Å²) < 4.78 is 15.8. The molecule has 26 heavy (non-hydrogen) atoms. The molecule has 0 aliphatic rings. The lowest BCUT2D eigenvalue weighted by molar-refractivity contribution is -0.119.